The molecule has 0 spiro atoms. The average Bonchev–Trinajstić information content (AvgIpc) is 2.86. The largest absolute Gasteiger partial charge is 0.508 e. The van der Waals surface area contributed by atoms with Gasteiger partial charge < -0.3 is 31.1 Å². The number of likely N-dealkylation sites (tertiary alicyclic amines) is 1. The molecular weight excluding hydrogens is 514 g/mol. The van der Waals surface area contributed by atoms with Gasteiger partial charge in [-0.25, -0.2) is 0 Å². The van der Waals surface area contributed by atoms with Gasteiger partial charge in [0.25, 0.3) is 5.91 Å². The number of rotatable bonds is 5. The lowest BCUT2D eigenvalue weighted by Crippen LogP contribution is -2.65. The molecule has 40 heavy (non-hydrogen) atoms. The van der Waals surface area contributed by atoms with E-state index in [0.29, 0.717) is 12.3 Å². The molecule has 216 valence electrons. The number of aromatic hydroxyl groups is 1. The summed E-state index contributed by atoms with van der Waals surface area (Å²) in [5, 5.41) is 45.0. The fraction of sp³-hybridized carbons (Fsp3) is 0.567. The second kappa shape index (κ2) is 10.0. The van der Waals surface area contributed by atoms with Gasteiger partial charge in [-0.15, -0.1) is 0 Å². The summed E-state index contributed by atoms with van der Waals surface area (Å²) >= 11 is 0. The highest BCUT2D eigenvalue weighted by Crippen LogP contribution is 2.53. The lowest BCUT2D eigenvalue weighted by Gasteiger charge is -2.50. The van der Waals surface area contributed by atoms with Crippen LogP contribution in [0.4, 0.5) is 0 Å². The van der Waals surface area contributed by atoms with Crippen molar-refractivity contribution >= 4 is 23.2 Å². The molecule has 1 aromatic rings. The topological polar surface area (TPSA) is 165 Å². The van der Waals surface area contributed by atoms with Crippen LogP contribution in [-0.4, -0.2) is 93.1 Å². The first kappa shape index (κ1) is 28.3. The Hall–Kier alpha value is -3.21. The summed E-state index contributed by atoms with van der Waals surface area (Å²) in [7, 11) is 3.18. The number of aliphatic hydroxyl groups is 3. The number of carbonyl (C=O) groups is 3. The number of carbonyl (C=O) groups excluding carboxylic acids is 3. The van der Waals surface area contributed by atoms with Crippen LogP contribution in [0, 0.1) is 17.8 Å². The molecule has 10 heteroatoms. The third-order valence-electron chi connectivity index (χ3n) is 9.29. The molecular formula is C30H39N3O7. The van der Waals surface area contributed by atoms with Gasteiger partial charge in [0.15, 0.2) is 11.4 Å². The summed E-state index contributed by atoms with van der Waals surface area (Å²) < 4.78 is 0. The van der Waals surface area contributed by atoms with Crippen molar-refractivity contribution in [3.8, 4) is 5.75 Å². The number of Topliss-reactive ketones (excluding diaryl/α,β-unsaturated/α-hetero) is 2. The van der Waals surface area contributed by atoms with Crippen LogP contribution in [0.5, 0.6) is 5.75 Å². The quantitative estimate of drug-likeness (QED) is 0.342. The van der Waals surface area contributed by atoms with E-state index in [1.807, 2.05) is 6.07 Å². The summed E-state index contributed by atoms with van der Waals surface area (Å²) in [5.74, 6) is -5.52. The van der Waals surface area contributed by atoms with Gasteiger partial charge in [0.1, 0.15) is 22.8 Å². The zero-order chi connectivity index (χ0) is 29.3. The minimum Gasteiger partial charge on any atom is -0.508 e. The number of aliphatic hydroxyl groups excluding tert-OH is 2. The van der Waals surface area contributed by atoms with Crippen LogP contribution >= 0.6 is 0 Å². The smallest absolute Gasteiger partial charge is 0.255 e. The number of likely N-dealkylation sites (N-methyl/N-ethyl adjacent to an activating group) is 1. The van der Waals surface area contributed by atoms with Gasteiger partial charge in [-0.3, -0.25) is 19.3 Å². The molecule has 3 aliphatic carbocycles. The maximum atomic E-state index is 14.0. The second-order valence-corrected chi connectivity index (χ2v) is 12.5. The zero-order valence-electron chi connectivity index (χ0n) is 23.5. The molecule has 0 radical (unpaired) electrons. The number of hydrogen-bond donors (Lipinski definition) is 5. The number of phenols is 1. The fourth-order valence-electron chi connectivity index (χ4n) is 7.59. The Labute approximate surface area is 233 Å². The Balaban J connectivity index is 1.59. The minimum absolute atomic E-state index is 0.0910. The molecule has 5 rings (SSSR count). The number of nitrogens with zero attached hydrogens (tertiary/aromatic N) is 2. The van der Waals surface area contributed by atoms with Crippen molar-refractivity contribution in [2.45, 2.75) is 57.1 Å². The minimum atomic E-state index is -2.62. The molecule has 1 saturated heterocycles. The SMILES string of the molecule is CC(C)CN1CCC(c2ccc(O)c3c2C[C@H]2C[C@H]4[C@H](N(C)C)C(=O)C(C(N)=O)=C(O)[C@@]4(O)C(=O)C2=C3O)CC1. The first-order valence-corrected chi connectivity index (χ1v) is 14.0. The Morgan fingerprint density at radius 2 is 1.77 bits per heavy atom. The number of primary amides is 1. The molecule has 0 unspecified atom stereocenters. The van der Waals surface area contributed by atoms with Crippen molar-refractivity contribution in [3.05, 3.63) is 45.7 Å². The Morgan fingerprint density at radius 3 is 2.35 bits per heavy atom. The number of hydrogen-bond acceptors (Lipinski definition) is 9. The van der Waals surface area contributed by atoms with E-state index in [-0.39, 0.29) is 29.2 Å². The van der Waals surface area contributed by atoms with Crippen LogP contribution in [0.1, 0.15) is 55.7 Å². The van der Waals surface area contributed by atoms with Crippen molar-refractivity contribution in [2.24, 2.45) is 23.5 Å². The van der Waals surface area contributed by atoms with E-state index >= 15 is 0 Å². The number of piperidine rings is 1. The normalized spacial score (nSPS) is 29.6. The van der Waals surface area contributed by atoms with E-state index in [4.69, 9.17) is 5.73 Å². The third-order valence-corrected chi connectivity index (χ3v) is 9.29. The number of phenolic OH excluding ortho intramolecular Hbond substituents is 1. The lowest BCUT2D eigenvalue weighted by atomic mass is 9.57. The van der Waals surface area contributed by atoms with Gasteiger partial charge in [-0.1, -0.05) is 19.9 Å². The monoisotopic (exact) mass is 553 g/mol. The molecule has 4 aliphatic rings. The maximum absolute atomic E-state index is 14.0. The molecule has 0 bridgehead atoms. The van der Waals surface area contributed by atoms with Gasteiger partial charge in [-0.05, 0) is 87.8 Å². The van der Waals surface area contributed by atoms with E-state index in [0.717, 1.165) is 43.6 Å². The molecule has 1 aliphatic heterocycles. The van der Waals surface area contributed by atoms with Crippen molar-refractivity contribution in [1.82, 2.24) is 9.80 Å². The van der Waals surface area contributed by atoms with Gasteiger partial charge in [-0.2, -0.15) is 0 Å². The van der Waals surface area contributed by atoms with Crippen LogP contribution in [0.2, 0.25) is 0 Å². The van der Waals surface area contributed by atoms with Gasteiger partial charge in [0, 0.05) is 18.0 Å². The molecule has 1 heterocycles. The zero-order valence-corrected chi connectivity index (χ0v) is 23.5. The van der Waals surface area contributed by atoms with Crippen LogP contribution in [0.3, 0.4) is 0 Å². The summed E-state index contributed by atoms with van der Waals surface area (Å²) in [4.78, 5) is 43.3. The highest BCUT2D eigenvalue weighted by atomic mass is 16.3. The number of nitrogens with two attached hydrogens (primary N) is 1. The van der Waals surface area contributed by atoms with Crippen molar-refractivity contribution in [3.63, 3.8) is 0 Å². The standard InChI is InChI=1S/C30H39N3O7/c1-14(2)13-33-9-7-15(8-10-33)17-5-6-20(34)22-18(17)11-16-12-19-24(32(3)4)26(36)23(29(31)39)28(38)30(19,40)27(37)21(16)25(22)35/h5-6,14-16,19,24,34-35,38,40H,7-13H2,1-4H3,(H2,31,39)/t16-,19-,24-,30-/m0/s1. The number of benzene rings is 1. The molecule has 2 fully saturated rings. The lowest BCUT2D eigenvalue weighted by molar-refractivity contribution is -0.153. The number of ketones is 2. The van der Waals surface area contributed by atoms with Crippen LogP contribution in [0.15, 0.2) is 29.0 Å². The molecule has 6 N–H and O–H groups in total. The van der Waals surface area contributed by atoms with E-state index in [1.54, 1.807) is 14.1 Å². The first-order chi connectivity index (χ1) is 18.8. The van der Waals surface area contributed by atoms with Crippen molar-refractivity contribution in [1.29, 1.82) is 0 Å². The third kappa shape index (κ3) is 4.15. The van der Waals surface area contributed by atoms with Crippen LogP contribution in [-0.2, 0) is 20.8 Å². The van der Waals surface area contributed by atoms with E-state index in [9.17, 15) is 34.8 Å². The van der Waals surface area contributed by atoms with E-state index in [1.165, 1.54) is 11.0 Å². The fourth-order valence-corrected chi connectivity index (χ4v) is 7.59. The average molecular weight is 554 g/mol. The molecule has 1 aromatic carbocycles. The van der Waals surface area contributed by atoms with E-state index < -0.39 is 58.0 Å². The maximum Gasteiger partial charge on any atom is 0.255 e. The first-order valence-electron chi connectivity index (χ1n) is 14.0. The predicted molar refractivity (Wildman–Crippen MR) is 147 cm³/mol. The molecule has 4 atom stereocenters. The van der Waals surface area contributed by atoms with Crippen LogP contribution in [0.25, 0.3) is 5.76 Å². The predicted octanol–water partition coefficient (Wildman–Crippen LogP) is 1.80. The Kier molecular flexibility index (Phi) is 7.09. The Bertz CT molecular complexity index is 1340. The highest BCUT2D eigenvalue weighted by molar-refractivity contribution is 6.24. The van der Waals surface area contributed by atoms with Crippen molar-refractivity contribution < 1.29 is 34.8 Å². The summed E-state index contributed by atoms with van der Waals surface area (Å²) in [5.41, 5.74) is 3.79. The van der Waals surface area contributed by atoms with Crippen LogP contribution < -0.4 is 5.73 Å². The van der Waals surface area contributed by atoms with Gasteiger partial charge in [0.2, 0.25) is 5.78 Å². The van der Waals surface area contributed by atoms with Gasteiger partial charge in [0.05, 0.1) is 11.6 Å². The summed E-state index contributed by atoms with van der Waals surface area (Å²) in [6.07, 6.45) is 2.27. The Morgan fingerprint density at radius 1 is 1.12 bits per heavy atom. The summed E-state index contributed by atoms with van der Waals surface area (Å²) in [6.45, 7) is 7.33. The molecule has 1 amide bonds. The van der Waals surface area contributed by atoms with E-state index in [2.05, 4.69) is 18.7 Å². The van der Waals surface area contributed by atoms with Gasteiger partial charge >= 0.3 is 0 Å². The molecule has 1 saturated carbocycles. The summed E-state index contributed by atoms with van der Waals surface area (Å²) in [6, 6.07) is 2.34. The second-order valence-electron chi connectivity index (χ2n) is 12.5. The molecule has 10 nitrogen and oxygen atoms in total. The molecule has 0 aromatic heterocycles. The highest BCUT2D eigenvalue weighted by Gasteiger charge is 2.64. The number of amides is 1. The van der Waals surface area contributed by atoms with Crippen molar-refractivity contribution in [2.75, 3.05) is 33.7 Å². The number of fused-ring (bicyclic) bond motifs is 3.